The molecule has 0 amide bonds. The summed E-state index contributed by atoms with van der Waals surface area (Å²) in [6, 6.07) is 7.09. The number of hydrogen-bond acceptors (Lipinski definition) is 3. The zero-order valence-corrected chi connectivity index (χ0v) is 10.5. The molecule has 0 aliphatic carbocycles. The number of carboxylic acid groups (broad SMARTS) is 1. The van der Waals surface area contributed by atoms with E-state index in [-0.39, 0.29) is 18.9 Å². The average Bonchev–Trinajstić information content (AvgIpc) is 2.28. The molecule has 0 bridgehead atoms. The number of aliphatic hydroxyl groups is 1. The fourth-order valence-corrected chi connectivity index (χ4v) is 1.41. The number of aliphatic carboxylic acids is 1. The highest BCUT2D eigenvalue weighted by molar-refractivity contribution is 6.30. The first-order valence-electron chi connectivity index (χ1n) is 5.33. The Morgan fingerprint density at radius 2 is 1.88 bits per heavy atom. The van der Waals surface area contributed by atoms with Crippen molar-refractivity contribution in [2.75, 3.05) is 13.2 Å². The predicted molar refractivity (Wildman–Crippen MR) is 68.3 cm³/mol. The van der Waals surface area contributed by atoms with E-state index in [0.29, 0.717) is 11.6 Å². The van der Waals surface area contributed by atoms with Crippen molar-refractivity contribution in [1.29, 1.82) is 0 Å². The Balaban J connectivity index is 0.000000770. The highest BCUT2D eigenvalue weighted by atomic mass is 35.5. The van der Waals surface area contributed by atoms with Gasteiger partial charge in [0.15, 0.2) is 0 Å². The minimum absolute atomic E-state index is 0.0537. The third-order valence-corrected chi connectivity index (χ3v) is 2.30. The quantitative estimate of drug-likeness (QED) is 0.771. The van der Waals surface area contributed by atoms with Gasteiger partial charge in [0.1, 0.15) is 0 Å². The summed E-state index contributed by atoms with van der Waals surface area (Å²) < 4.78 is 0. The summed E-state index contributed by atoms with van der Waals surface area (Å²) in [6.07, 6.45) is 0.0537. The van der Waals surface area contributed by atoms with Crippen LogP contribution in [-0.2, 0) is 4.79 Å². The van der Waals surface area contributed by atoms with Gasteiger partial charge in [0, 0.05) is 17.5 Å². The summed E-state index contributed by atoms with van der Waals surface area (Å²) >= 11 is 5.72. The molecule has 0 aliphatic rings. The zero-order chi connectivity index (χ0) is 13.3. The normalized spacial score (nSPS) is 11.3. The average molecular weight is 260 g/mol. The van der Waals surface area contributed by atoms with Crippen LogP contribution in [0.1, 0.15) is 24.8 Å². The maximum atomic E-state index is 10.5. The van der Waals surface area contributed by atoms with Gasteiger partial charge in [0.2, 0.25) is 0 Å². The maximum absolute atomic E-state index is 10.5. The largest absolute Gasteiger partial charge is 0.481 e. The topological polar surface area (TPSA) is 83.5 Å². The van der Waals surface area contributed by atoms with E-state index in [2.05, 4.69) is 0 Å². The van der Waals surface area contributed by atoms with Crippen LogP contribution in [0.4, 0.5) is 0 Å². The fourth-order valence-electron chi connectivity index (χ4n) is 1.28. The summed E-state index contributed by atoms with van der Waals surface area (Å²) in [5.74, 6) is -0.972. The molecule has 0 fully saturated rings. The number of halogens is 1. The molecule has 0 spiro atoms. The molecule has 0 aliphatic heterocycles. The number of hydrogen-bond donors (Lipinski definition) is 3. The number of carbonyl (C=O) groups is 1. The van der Waals surface area contributed by atoms with E-state index in [1.54, 1.807) is 19.1 Å². The van der Waals surface area contributed by atoms with Gasteiger partial charge in [-0.3, -0.25) is 4.79 Å². The maximum Gasteiger partial charge on any atom is 0.304 e. The molecule has 0 saturated carbocycles. The second-order valence-corrected chi connectivity index (χ2v) is 3.83. The molecule has 5 heteroatoms. The highest BCUT2D eigenvalue weighted by Gasteiger charge is 2.13. The van der Waals surface area contributed by atoms with Gasteiger partial charge in [0.05, 0.1) is 6.42 Å². The number of aliphatic hydroxyl groups excluding tert-OH is 1. The molecule has 4 nitrogen and oxygen atoms in total. The third kappa shape index (κ3) is 6.94. The van der Waals surface area contributed by atoms with Crippen LogP contribution in [-0.4, -0.2) is 29.3 Å². The van der Waals surface area contributed by atoms with Crippen LogP contribution in [0.2, 0.25) is 5.02 Å². The van der Waals surface area contributed by atoms with Crippen molar-refractivity contribution in [2.45, 2.75) is 19.3 Å². The van der Waals surface area contributed by atoms with Crippen molar-refractivity contribution in [2.24, 2.45) is 5.73 Å². The molecule has 0 saturated heterocycles. The van der Waals surface area contributed by atoms with Crippen LogP contribution in [0.3, 0.4) is 0 Å². The minimum Gasteiger partial charge on any atom is -0.481 e. The van der Waals surface area contributed by atoms with Gasteiger partial charge < -0.3 is 15.9 Å². The molecule has 17 heavy (non-hydrogen) atoms. The molecule has 0 heterocycles. The summed E-state index contributed by atoms with van der Waals surface area (Å²) in [7, 11) is 0. The molecule has 1 aromatic carbocycles. The first kappa shape index (κ1) is 15.9. The van der Waals surface area contributed by atoms with Gasteiger partial charge in [-0.25, -0.2) is 0 Å². The second kappa shape index (κ2) is 8.98. The van der Waals surface area contributed by atoms with E-state index >= 15 is 0 Å². The Labute approximate surface area is 106 Å². The van der Waals surface area contributed by atoms with Crippen molar-refractivity contribution >= 4 is 17.6 Å². The van der Waals surface area contributed by atoms with Crippen molar-refractivity contribution in [3.05, 3.63) is 34.9 Å². The summed E-state index contributed by atoms with van der Waals surface area (Å²) in [5.41, 5.74) is 6.41. The number of rotatable bonds is 4. The van der Waals surface area contributed by atoms with E-state index in [0.717, 1.165) is 5.56 Å². The van der Waals surface area contributed by atoms with Crippen LogP contribution >= 0.6 is 11.6 Å². The van der Waals surface area contributed by atoms with E-state index in [4.69, 9.17) is 27.5 Å². The summed E-state index contributed by atoms with van der Waals surface area (Å²) in [6.45, 7) is 2.26. The first-order chi connectivity index (χ1) is 8.04. The lowest BCUT2D eigenvalue weighted by Crippen LogP contribution is -2.16. The van der Waals surface area contributed by atoms with Crippen molar-refractivity contribution in [3.63, 3.8) is 0 Å². The monoisotopic (exact) mass is 259 g/mol. The molecule has 1 atom stereocenters. The summed E-state index contributed by atoms with van der Waals surface area (Å²) in [5, 5.41) is 16.9. The standard InChI is InChI=1S/C10H12ClNO2.C2H6O/c11-9-3-1-7(2-4-9)8(6-12)5-10(13)14;1-2-3/h1-4,8H,5-6,12H2,(H,13,14);3H,2H2,1H3. The Bertz CT molecular complexity index is 327. The van der Waals surface area contributed by atoms with Gasteiger partial charge >= 0.3 is 5.97 Å². The molecular formula is C12H18ClNO3. The zero-order valence-electron chi connectivity index (χ0n) is 9.77. The van der Waals surface area contributed by atoms with Gasteiger partial charge in [-0.05, 0) is 31.2 Å². The second-order valence-electron chi connectivity index (χ2n) is 3.40. The van der Waals surface area contributed by atoms with Crippen LogP contribution in [0.5, 0.6) is 0 Å². The SMILES string of the molecule is CCO.NCC(CC(=O)O)c1ccc(Cl)cc1. The van der Waals surface area contributed by atoms with Crippen LogP contribution in [0.25, 0.3) is 0 Å². The number of nitrogens with two attached hydrogens (primary N) is 1. The van der Waals surface area contributed by atoms with E-state index in [1.165, 1.54) is 0 Å². The lowest BCUT2D eigenvalue weighted by molar-refractivity contribution is -0.137. The molecule has 1 unspecified atom stereocenters. The van der Waals surface area contributed by atoms with Gasteiger partial charge in [0.25, 0.3) is 0 Å². The fraction of sp³-hybridized carbons (Fsp3) is 0.417. The Hall–Kier alpha value is -1.10. The first-order valence-corrected chi connectivity index (χ1v) is 5.71. The Morgan fingerprint density at radius 3 is 2.24 bits per heavy atom. The van der Waals surface area contributed by atoms with Gasteiger partial charge in [-0.2, -0.15) is 0 Å². The highest BCUT2D eigenvalue weighted by Crippen LogP contribution is 2.20. The molecule has 0 aromatic heterocycles. The molecule has 1 rings (SSSR count). The van der Waals surface area contributed by atoms with Crippen LogP contribution < -0.4 is 5.73 Å². The van der Waals surface area contributed by atoms with Crippen molar-refractivity contribution in [1.82, 2.24) is 0 Å². The minimum atomic E-state index is -0.838. The third-order valence-electron chi connectivity index (χ3n) is 2.05. The number of carboxylic acids is 1. The Morgan fingerprint density at radius 1 is 1.41 bits per heavy atom. The molecule has 96 valence electrons. The van der Waals surface area contributed by atoms with E-state index < -0.39 is 5.97 Å². The lowest BCUT2D eigenvalue weighted by atomic mass is 9.96. The summed E-state index contributed by atoms with van der Waals surface area (Å²) in [4.78, 5) is 10.5. The Kier molecular flexibility index (Phi) is 8.40. The number of benzene rings is 1. The predicted octanol–water partition coefficient (Wildman–Crippen LogP) is 1.86. The van der Waals surface area contributed by atoms with Crippen LogP contribution in [0, 0.1) is 0 Å². The van der Waals surface area contributed by atoms with Gasteiger partial charge in [-0.1, -0.05) is 23.7 Å². The van der Waals surface area contributed by atoms with Gasteiger partial charge in [-0.15, -0.1) is 0 Å². The lowest BCUT2D eigenvalue weighted by Gasteiger charge is -2.12. The van der Waals surface area contributed by atoms with E-state index in [9.17, 15) is 4.79 Å². The molecule has 0 radical (unpaired) electrons. The molecular weight excluding hydrogens is 242 g/mol. The molecule has 1 aromatic rings. The smallest absolute Gasteiger partial charge is 0.304 e. The van der Waals surface area contributed by atoms with E-state index in [1.807, 2.05) is 12.1 Å². The van der Waals surface area contributed by atoms with Crippen LogP contribution in [0.15, 0.2) is 24.3 Å². The van der Waals surface area contributed by atoms with Crippen molar-refractivity contribution < 1.29 is 15.0 Å². The van der Waals surface area contributed by atoms with Crippen molar-refractivity contribution in [3.8, 4) is 0 Å². The molecule has 4 N–H and O–H groups in total.